The van der Waals surface area contributed by atoms with E-state index in [2.05, 4.69) is 42.6 Å². The van der Waals surface area contributed by atoms with Gasteiger partial charge in [0.2, 0.25) is 17.7 Å². The number of rotatable bonds is 8. The molecule has 0 radical (unpaired) electrons. The molecule has 40 heavy (non-hydrogen) atoms. The first kappa shape index (κ1) is 29.1. The van der Waals surface area contributed by atoms with Gasteiger partial charge in [-0.1, -0.05) is 12.6 Å². The standard InChI is InChI=1S/C23H22N8O2.C2HF3O2/c1-4-20(32)27-16-6-5-7-17(10-16)28-22-19(15-8-9-21(33-3)24-11-15)13-25-23(30-22)29-18-12-26-31(2)14-18;3-2(4,5)1(6)7/h4-14H,1H2,2-3H3,(H,27,32)(H2,25,28,29,30);(H,6,7). The van der Waals surface area contributed by atoms with Gasteiger partial charge in [0, 0.05) is 54.2 Å². The van der Waals surface area contributed by atoms with Crippen molar-refractivity contribution in [2.24, 2.45) is 7.05 Å². The predicted molar refractivity (Wildman–Crippen MR) is 141 cm³/mol. The Balaban J connectivity index is 0.000000559. The molecule has 0 spiro atoms. The summed E-state index contributed by atoms with van der Waals surface area (Å²) in [7, 11) is 3.39. The van der Waals surface area contributed by atoms with E-state index in [0.29, 0.717) is 23.3 Å². The van der Waals surface area contributed by atoms with E-state index in [9.17, 15) is 18.0 Å². The maximum absolute atomic E-state index is 11.7. The molecule has 3 aromatic heterocycles. The van der Waals surface area contributed by atoms with E-state index in [1.807, 2.05) is 31.4 Å². The first-order valence-corrected chi connectivity index (χ1v) is 11.2. The molecule has 0 fully saturated rings. The van der Waals surface area contributed by atoms with Gasteiger partial charge in [-0.25, -0.2) is 14.8 Å². The van der Waals surface area contributed by atoms with Crippen LogP contribution in [0, 0.1) is 0 Å². The van der Waals surface area contributed by atoms with Gasteiger partial charge in [0.25, 0.3) is 0 Å². The number of hydrogen-bond acceptors (Lipinski definition) is 9. The predicted octanol–water partition coefficient (Wildman–Crippen LogP) is 4.53. The fourth-order valence-electron chi connectivity index (χ4n) is 3.03. The maximum Gasteiger partial charge on any atom is 0.490 e. The largest absolute Gasteiger partial charge is 0.490 e. The normalized spacial score (nSPS) is 10.5. The first-order valence-electron chi connectivity index (χ1n) is 11.2. The molecule has 0 saturated heterocycles. The van der Waals surface area contributed by atoms with Crippen molar-refractivity contribution in [3.8, 4) is 17.0 Å². The number of aromatic nitrogens is 5. The Morgan fingerprint density at radius 1 is 1.05 bits per heavy atom. The van der Waals surface area contributed by atoms with Gasteiger partial charge in [-0.3, -0.25) is 9.48 Å². The number of nitrogens with one attached hydrogen (secondary N) is 3. The van der Waals surface area contributed by atoms with Crippen LogP contribution in [-0.2, 0) is 16.6 Å². The highest BCUT2D eigenvalue weighted by atomic mass is 19.4. The molecule has 4 N–H and O–H groups in total. The Morgan fingerprint density at radius 2 is 1.77 bits per heavy atom. The molecule has 4 aromatic rings. The third-order valence-corrected chi connectivity index (χ3v) is 4.83. The van der Waals surface area contributed by atoms with Crippen LogP contribution in [0.3, 0.4) is 0 Å². The molecule has 208 valence electrons. The van der Waals surface area contributed by atoms with E-state index in [4.69, 9.17) is 14.6 Å². The Bertz CT molecular complexity index is 1490. The summed E-state index contributed by atoms with van der Waals surface area (Å²) in [6.07, 6.45) is 3.04. The molecule has 0 aliphatic carbocycles. The SMILES string of the molecule is C=CC(=O)Nc1cccc(Nc2nc(Nc3cnn(C)c3)ncc2-c2ccc(OC)nc2)c1.O=C(O)C(F)(F)F. The van der Waals surface area contributed by atoms with Gasteiger partial charge in [0.05, 0.1) is 19.0 Å². The zero-order chi connectivity index (χ0) is 29.3. The minimum atomic E-state index is -5.08. The van der Waals surface area contributed by atoms with Crippen LogP contribution in [0.1, 0.15) is 0 Å². The Hall–Kier alpha value is -5.47. The maximum atomic E-state index is 11.7. The van der Waals surface area contributed by atoms with Crippen LogP contribution >= 0.6 is 0 Å². The Morgan fingerprint density at radius 3 is 2.35 bits per heavy atom. The molecule has 0 aliphatic heterocycles. The molecule has 4 rings (SSSR count). The summed E-state index contributed by atoms with van der Waals surface area (Å²) >= 11 is 0. The zero-order valence-electron chi connectivity index (χ0n) is 21.1. The third kappa shape index (κ3) is 8.27. The van der Waals surface area contributed by atoms with Gasteiger partial charge in [0.1, 0.15) is 5.82 Å². The molecule has 0 aliphatic rings. The van der Waals surface area contributed by atoms with Gasteiger partial charge < -0.3 is 25.8 Å². The molecule has 0 bridgehead atoms. The number of pyridine rings is 1. The summed E-state index contributed by atoms with van der Waals surface area (Å²) in [5, 5.41) is 20.5. The molecule has 0 unspecified atom stereocenters. The topological polar surface area (TPSA) is 156 Å². The summed E-state index contributed by atoms with van der Waals surface area (Å²) in [5.74, 6) is -1.59. The molecule has 1 amide bonds. The van der Waals surface area contributed by atoms with Crippen LogP contribution < -0.4 is 20.7 Å². The van der Waals surface area contributed by atoms with Gasteiger partial charge in [0.15, 0.2) is 0 Å². The molecule has 12 nitrogen and oxygen atoms in total. The number of aryl methyl sites for hydroxylation is 1. The second-order valence-corrected chi connectivity index (χ2v) is 7.77. The number of ether oxygens (including phenoxy) is 1. The van der Waals surface area contributed by atoms with Crippen LogP contribution in [0.15, 0.2) is 73.8 Å². The molecule has 1 aromatic carbocycles. The number of halogens is 3. The number of hydrogen-bond donors (Lipinski definition) is 4. The number of aliphatic carboxylic acids is 1. The van der Waals surface area contributed by atoms with E-state index in [-0.39, 0.29) is 5.91 Å². The Kier molecular flexibility index (Phi) is 9.35. The van der Waals surface area contributed by atoms with Crippen LogP contribution in [0.2, 0.25) is 0 Å². The Labute approximate surface area is 225 Å². The number of nitrogens with zero attached hydrogens (tertiary/aromatic N) is 5. The molecule has 0 saturated carbocycles. The van der Waals surface area contributed by atoms with Crippen molar-refractivity contribution in [2.45, 2.75) is 6.18 Å². The number of carbonyl (C=O) groups is 2. The highest BCUT2D eigenvalue weighted by Crippen LogP contribution is 2.31. The molecular formula is C25H23F3N8O4. The van der Waals surface area contributed by atoms with Gasteiger partial charge in [-0.15, -0.1) is 0 Å². The lowest BCUT2D eigenvalue weighted by atomic mass is 10.1. The van der Waals surface area contributed by atoms with Crippen LogP contribution in [-0.4, -0.2) is 55.0 Å². The van der Waals surface area contributed by atoms with E-state index < -0.39 is 12.1 Å². The number of carboxylic acids is 1. The smallest absolute Gasteiger partial charge is 0.481 e. The number of benzene rings is 1. The molecule has 0 atom stereocenters. The minimum Gasteiger partial charge on any atom is -0.481 e. The minimum absolute atomic E-state index is 0.290. The fourth-order valence-corrected chi connectivity index (χ4v) is 3.03. The number of carbonyl (C=O) groups excluding carboxylic acids is 1. The highest BCUT2D eigenvalue weighted by molar-refractivity contribution is 5.99. The van der Waals surface area contributed by atoms with Gasteiger partial charge in [-0.05, 0) is 30.3 Å². The fraction of sp³-hybridized carbons (Fsp3) is 0.120. The lowest BCUT2D eigenvalue weighted by Gasteiger charge is -2.14. The summed E-state index contributed by atoms with van der Waals surface area (Å²) in [5.41, 5.74) is 3.66. The van der Waals surface area contributed by atoms with Crippen molar-refractivity contribution in [3.63, 3.8) is 0 Å². The lowest BCUT2D eigenvalue weighted by molar-refractivity contribution is -0.192. The lowest BCUT2D eigenvalue weighted by Crippen LogP contribution is -2.21. The number of carboxylic acid groups (broad SMARTS) is 1. The van der Waals surface area contributed by atoms with E-state index >= 15 is 0 Å². The number of anilines is 5. The van der Waals surface area contributed by atoms with E-state index in [1.165, 1.54) is 6.08 Å². The van der Waals surface area contributed by atoms with E-state index in [0.717, 1.165) is 22.5 Å². The number of methoxy groups -OCH3 is 1. The second kappa shape index (κ2) is 12.9. The third-order valence-electron chi connectivity index (χ3n) is 4.83. The van der Waals surface area contributed by atoms with Gasteiger partial charge in [-0.2, -0.15) is 23.3 Å². The van der Waals surface area contributed by atoms with E-state index in [1.54, 1.807) is 48.6 Å². The number of amides is 1. The summed E-state index contributed by atoms with van der Waals surface area (Å²) in [4.78, 5) is 33.9. The summed E-state index contributed by atoms with van der Waals surface area (Å²) in [6, 6.07) is 10.9. The molecule has 15 heteroatoms. The summed E-state index contributed by atoms with van der Waals surface area (Å²) in [6.45, 7) is 3.48. The van der Waals surface area contributed by atoms with Crippen molar-refractivity contribution in [1.82, 2.24) is 24.7 Å². The van der Waals surface area contributed by atoms with Gasteiger partial charge >= 0.3 is 12.1 Å². The van der Waals surface area contributed by atoms with Crippen molar-refractivity contribution < 1.29 is 32.6 Å². The van der Waals surface area contributed by atoms with Crippen LogP contribution in [0.4, 0.5) is 42.0 Å². The van der Waals surface area contributed by atoms with Crippen molar-refractivity contribution in [3.05, 3.63) is 73.8 Å². The zero-order valence-corrected chi connectivity index (χ0v) is 21.1. The summed E-state index contributed by atoms with van der Waals surface area (Å²) < 4.78 is 38.6. The highest BCUT2D eigenvalue weighted by Gasteiger charge is 2.38. The molecule has 3 heterocycles. The average Bonchev–Trinajstić information content (AvgIpc) is 3.33. The quantitative estimate of drug-likeness (QED) is 0.228. The monoisotopic (exact) mass is 556 g/mol. The first-order chi connectivity index (χ1) is 19.0. The van der Waals surface area contributed by atoms with Crippen LogP contribution in [0.25, 0.3) is 11.1 Å². The average molecular weight is 557 g/mol. The number of alkyl halides is 3. The molecular weight excluding hydrogens is 533 g/mol. The van der Waals surface area contributed by atoms with Crippen molar-refractivity contribution >= 4 is 40.7 Å². The van der Waals surface area contributed by atoms with Crippen molar-refractivity contribution in [2.75, 3.05) is 23.1 Å². The second-order valence-electron chi connectivity index (χ2n) is 7.77. The van der Waals surface area contributed by atoms with Crippen LogP contribution in [0.5, 0.6) is 5.88 Å². The van der Waals surface area contributed by atoms with Crippen molar-refractivity contribution in [1.29, 1.82) is 0 Å².